The summed E-state index contributed by atoms with van der Waals surface area (Å²) in [6.07, 6.45) is 0. The number of methoxy groups -OCH3 is 1. The predicted molar refractivity (Wildman–Crippen MR) is 62.9 cm³/mol. The summed E-state index contributed by atoms with van der Waals surface area (Å²) in [5, 5.41) is 0. The van der Waals surface area contributed by atoms with Gasteiger partial charge in [-0.25, -0.2) is 4.39 Å². The van der Waals surface area contributed by atoms with Crippen LogP contribution in [0.25, 0.3) is 0 Å². The molecule has 98 valence electrons. The maximum atomic E-state index is 12.7. The number of rotatable bonds is 2. The van der Waals surface area contributed by atoms with E-state index < -0.39 is 20.2 Å². The molecule has 2 unspecified atom stereocenters. The van der Waals surface area contributed by atoms with Crippen molar-refractivity contribution in [1.29, 1.82) is 0 Å². The van der Waals surface area contributed by atoms with Gasteiger partial charge in [0.1, 0.15) is 11.6 Å². The topological polar surface area (TPSA) is 116 Å². The zero-order chi connectivity index (χ0) is 13.6. The Balaban J connectivity index is -0.000000282. The Morgan fingerprint density at radius 3 is 2.00 bits per heavy atom. The van der Waals surface area contributed by atoms with Crippen molar-refractivity contribution in [2.45, 2.75) is 0 Å². The number of benzene rings is 1. The van der Waals surface area contributed by atoms with Crippen LogP contribution in [-0.4, -0.2) is 24.6 Å². The molecule has 2 N–H and O–H groups in total. The van der Waals surface area contributed by atoms with Gasteiger partial charge in [0.15, 0.2) is 0 Å². The van der Waals surface area contributed by atoms with Crippen LogP contribution in [0.1, 0.15) is 0 Å². The van der Waals surface area contributed by atoms with Crippen LogP contribution in [0.4, 0.5) is 10.1 Å². The van der Waals surface area contributed by atoms with Crippen LogP contribution < -0.4 is 69.6 Å². The van der Waals surface area contributed by atoms with Crippen LogP contribution in [0.5, 0.6) is 5.75 Å². The summed E-state index contributed by atoms with van der Waals surface area (Å²) >= 11 is 3.01. The minimum atomic E-state index is -2.95. The molecule has 0 bridgehead atoms. The number of hydrogen-bond acceptors (Lipinski definition) is 6. The van der Waals surface area contributed by atoms with E-state index >= 15 is 0 Å². The maximum absolute atomic E-state index is 12.7. The maximum Gasteiger partial charge on any atom is 1.00 e. The van der Waals surface area contributed by atoms with Gasteiger partial charge in [0.2, 0.25) is 0 Å². The summed E-state index contributed by atoms with van der Waals surface area (Å²) in [6, 6.07) is 2.70. The second-order valence-electron chi connectivity index (χ2n) is 2.42. The molecule has 6 nitrogen and oxygen atoms in total. The third kappa shape index (κ3) is 10.8. The van der Waals surface area contributed by atoms with Gasteiger partial charge in [-0.1, -0.05) is 0 Å². The number of anilines is 1. The fourth-order valence-corrected chi connectivity index (χ4v) is 1.04. The van der Waals surface area contributed by atoms with Crippen molar-refractivity contribution < 1.29 is 85.8 Å². The van der Waals surface area contributed by atoms with E-state index in [1.807, 2.05) is 0 Å². The Labute approximate surface area is 166 Å². The summed E-state index contributed by atoms with van der Waals surface area (Å²) < 4.78 is 54.3. The molecule has 0 aliphatic carbocycles. The number of hydrogen-bond donors (Lipinski definition) is 1. The first kappa shape index (κ1) is 25.4. The van der Waals surface area contributed by atoms with E-state index in [-0.39, 0.29) is 64.9 Å². The van der Waals surface area contributed by atoms with Gasteiger partial charge in [0.05, 0.1) is 17.3 Å². The Morgan fingerprint density at radius 1 is 1.26 bits per heavy atom. The Bertz CT molecular complexity index is 442. The van der Waals surface area contributed by atoms with Gasteiger partial charge in [0, 0.05) is 26.3 Å². The number of nitrogen functional groups attached to an aromatic ring is 1. The van der Waals surface area contributed by atoms with Gasteiger partial charge >= 0.3 is 59.1 Å². The normalized spacial score (nSPS) is 11.8. The molecule has 0 spiro atoms. The molecule has 0 amide bonds. The molecule has 0 radical (unpaired) electrons. The molecule has 0 fully saturated rings. The molecule has 0 heterocycles. The number of halogens is 2. The summed E-state index contributed by atoms with van der Waals surface area (Å²) in [5.41, 5.74) is 5.71. The van der Waals surface area contributed by atoms with Gasteiger partial charge in [0.25, 0.3) is 0 Å². The molecule has 12 heteroatoms. The monoisotopic (exact) mass is 393 g/mol. The third-order valence-corrected chi connectivity index (χ3v) is 2.88. The first-order valence-electron chi connectivity index (χ1n) is 3.77. The standard InChI is InChI=1S/C7H7BrFNO.2Na.H2O4S2/c1-11-7-2-4(8)5(9)3-6(7)10;;;1-5(2)6(3)4/h2-3H,10H2,1H3;;;(H,1,2)(H,3,4)/q;2*+1;/p-2. The van der Waals surface area contributed by atoms with Gasteiger partial charge in [-0.3, -0.25) is 8.42 Å². The van der Waals surface area contributed by atoms with Gasteiger partial charge in [-0.15, -0.1) is 0 Å². The molecule has 0 saturated carbocycles. The van der Waals surface area contributed by atoms with E-state index in [4.69, 9.17) is 28.0 Å². The van der Waals surface area contributed by atoms with Gasteiger partial charge in [-0.05, 0) is 22.0 Å². The SMILES string of the molecule is COc1cc(Br)c(F)cc1N.O=S([O-])S(=O)[O-].[Na+].[Na+]. The third-order valence-electron chi connectivity index (χ3n) is 1.38. The predicted octanol–water partition coefficient (Wildman–Crippen LogP) is -5.15. The Hall–Kier alpha value is 1.45. The van der Waals surface area contributed by atoms with E-state index in [9.17, 15) is 4.39 Å². The van der Waals surface area contributed by atoms with Crippen molar-refractivity contribution in [1.82, 2.24) is 0 Å². The fraction of sp³-hybridized carbons (Fsp3) is 0.143. The van der Waals surface area contributed by atoms with Crippen molar-refractivity contribution in [3.63, 3.8) is 0 Å². The van der Waals surface area contributed by atoms with Crippen LogP contribution in [-0.2, 0) is 20.2 Å². The Morgan fingerprint density at radius 2 is 1.68 bits per heavy atom. The molecule has 1 aromatic carbocycles. The summed E-state index contributed by atoms with van der Waals surface area (Å²) in [4.78, 5) is 0. The largest absolute Gasteiger partial charge is 1.00 e. The van der Waals surface area contributed by atoms with E-state index in [0.717, 1.165) is 0 Å². The van der Waals surface area contributed by atoms with E-state index in [2.05, 4.69) is 15.9 Å². The zero-order valence-corrected chi connectivity index (χ0v) is 17.6. The van der Waals surface area contributed by atoms with Gasteiger partial charge < -0.3 is 19.6 Å². The molecule has 2 atom stereocenters. The zero-order valence-electron chi connectivity index (χ0n) is 10.3. The second-order valence-corrected chi connectivity index (χ2v) is 5.72. The minimum absolute atomic E-state index is 0. The first-order valence-corrected chi connectivity index (χ1v) is 7.23. The second kappa shape index (κ2) is 13.1. The Kier molecular flexibility index (Phi) is 17.6. The average Bonchev–Trinajstić information content (AvgIpc) is 2.24. The van der Waals surface area contributed by atoms with Crippen LogP contribution in [0.3, 0.4) is 0 Å². The smallest absolute Gasteiger partial charge is 0.763 e. The van der Waals surface area contributed by atoms with Crippen LogP contribution >= 0.6 is 15.9 Å². The van der Waals surface area contributed by atoms with Crippen molar-refractivity contribution in [3.8, 4) is 5.75 Å². The molecule has 1 aromatic rings. The molecular formula is C7H7BrFNNa2O5S2. The molecule has 0 aromatic heterocycles. The summed E-state index contributed by atoms with van der Waals surface area (Å²) in [6.45, 7) is 0. The first-order chi connectivity index (χ1) is 7.79. The molecule has 0 aliphatic rings. The quantitative estimate of drug-likeness (QED) is 0.232. The average molecular weight is 394 g/mol. The molecule has 1 rings (SSSR count). The number of ether oxygens (including phenoxy) is 1. The number of nitrogens with two attached hydrogens (primary N) is 1. The molecule has 0 saturated heterocycles. The van der Waals surface area contributed by atoms with Crippen molar-refractivity contribution in [3.05, 3.63) is 22.4 Å². The summed E-state index contributed by atoms with van der Waals surface area (Å²) in [7, 11) is -4.42. The molecular weight excluding hydrogens is 387 g/mol. The van der Waals surface area contributed by atoms with Crippen LogP contribution in [0, 0.1) is 5.82 Å². The minimum Gasteiger partial charge on any atom is -0.763 e. The summed E-state index contributed by atoms with van der Waals surface area (Å²) in [5.74, 6) is 0.0848. The van der Waals surface area contributed by atoms with Crippen molar-refractivity contribution in [2.75, 3.05) is 12.8 Å². The van der Waals surface area contributed by atoms with Crippen LogP contribution in [0.2, 0.25) is 0 Å². The van der Waals surface area contributed by atoms with Crippen molar-refractivity contribution in [2.24, 2.45) is 0 Å². The van der Waals surface area contributed by atoms with Crippen LogP contribution in [0.15, 0.2) is 16.6 Å². The molecule has 19 heavy (non-hydrogen) atoms. The van der Waals surface area contributed by atoms with Gasteiger partial charge in [-0.2, -0.15) is 0 Å². The van der Waals surface area contributed by atoms with E-state index in [1.165, 1.54) is 19.2 Å². The van der Waals surface area contributed by atoms with Crippen molar-refractivity contribution >= 4 is 41.8 Å². The fourth-order valence-electron chi connectivity index (χ4n) is 0.721. The molecule has 0 aliphatic heterocycles. The van der Waals surface area contributed by atoms with E-state index in [1.54, 1.807) is 0 Å². The van der Waals surface area contributed by atoms with E-state index in [0.29, 0.717) is 15.9 Å².